The fraction of sp³-hybridized carbons (Fsp3) is 0.125. The van der Waals surface area contributed by atoms with Gasteiger partial charge < -0.3 is 15.7 Å². The van der Waals surface area contributed by atoms with Gasteiger partial charge in [-0.3, -0.25) is 9.59 Å². The highest BCUT2D eigenvalue weighted by Gasteiger charge is 2.23. The molecule has 0 aromatic heterocycles. The summed E-state index contributed by atoms with van der Waals surface area (Å²) < 4.78 is 0. The van der Waals surface area contributed by atoms with Crippen molar-refractivity contribution in [3.63, 3.8) is 0 Å². The third-order valence-electron chi connectivity index (χ3n) is 4.51. The number of nitrogens with one attached hydrogen (secondary N) is 2. The lowest BCUT2D eigenvalue weighted by Crippen LogP contribution is -2.20. The number of carbonyl (C=O) groups is 3. The van der Waals surface area contributed by atoms with Gasteiger partial charge in [-0.25, -0.2) is 4.79 Å². The number of carbonyl (C=O) groups excluding carboxylic acids is 2. The molecule has 0 heterocycles. The normalized spacial score (nSPS) is 11.4. The molecule has 0 saturated carbocycles. The molecule has 158 valence electrons. The molecule has 0 saturated heterocycles. The molecule has 0 spiro atoms. The van der Waals surface area contributed by atoms with E-state index in [1.165, 1.54) is 30.8 Å². The summed E-state index contributed by atoms with van der Waals surface area (Å²) in [5, 5.41) is 14.3. The van der Waals surface area contributed by atoms with Gasteiger partial charge in [0.2, 0.25) is 11.8 Å². The first-order valence-corrected chi connectivity index (χ1v) is 10.5. The molecule has 0 aliphatic carbocycles. The number of anilines is 2. The molecule has 1 atom stereocenters. The second kappa shape index (κ2) is 9.95. The van der Waals surface area contributed by atoms with Crippen LogP contribution in [0.1, 0.15) is 33.7 Å². The maximum absolute atomic E-state index is 13.2. The minimum absolute atomic E-state index is 0.110. The van der Waals surface area contributed by atoms with Crippen molar-refractivity contribution in [1.29, 1.82) is 0 Å². The van der Waals surface area contributed by atoms with E-state index >= 15 is 0 Å². The summed E-state index contributed by atoms with van der Waals surface area (Å²) in [6.45, 7) is 3.26. The van der Waals surface area contributed by atoms with Gasteiger partial charge >= 0.3 is 5.97 Å². The van der Waals surface area contributed by atoms with Crippen LogP contribution in [-0.4, -0.2) is 22.9 Å². The largest absolute Gasteiger partial charge is 0.478 e. The first kappa shape index (κ1) is 22.1. The highest BCUT2D eigenvalue weighted by molar-refractivity contribution is 8.00. The van der Waals surface area contributed by atoms with Crippen LogP contribution in [0.15, 0.2) is 77.7 Å². The predicted molar refractivity (Wildman–Crippen MR) is 123 cm³/mol. The molecule has 3 rings (SSSR count). The van der Waals surface area contributed by atoms with Gasteiger partial charge in [0.25, 0.3) is 0 Å². The maximum atomic E-state index is 13.2. The first-order valence-electron chi connectivity index (χ1n) is 9.57. The Hall–Kier alpha value is -3.58. The molecule has 6 nitrogen and oxygen atoms in total. The summed E-state index contributed by atoms with van der Waals surface area (Å²) >= 11 is 1.37. The topological polar surface area (TPSA) is 95.5 Å². The zero-order valence-corrected chi connectivity index (χ0v) is 17.9. The van der Waals surface area contributed by atoms with Gasteiger partial charge in [-0.2, -0.15) is 0 Å². The number of hydrogen-bond acceptors (Lipinski definition) is 4. The van der Waals surface area contributed by atoms with Crippen molar-refractivity contribution >= 4 is 40.9 Å². The Bertz CT molecular complexity index is 1100. The van der Waals surface area contributed by atoms with Crippen LogP contribution >= 0.6 is 11.8 Å². The molecular formula is C24H22N2O4S. The van der Waals surface area contributed by atoms with E-state index in [1.807, 2.05) is 49.4 Å². The molecule has 0 bridgehead atoms. The zero-order chi connectivity index (χ0) is 22.4. The number of benzene rings is 3. The molecule has 3 N–H and O–H groups in total. The van der Waals surface area contributed by atoms with Crippen LogP contribution in [0, 0.1) is 6.92 Å². The number of carboxylic acids is 1. The van der Waals surface area contributed by atoms with Crippen LogP contribution in [0.5, 0.6) is 0 Å². The van der Waals surface area contributed by atoms with E-state index in [4.69, 9.17) is 0 Å². The van der Waals surface area contributed by atoms with Gasteiger partial charge in [0.05, 0.1) is 5.56 Å². The highest BCUT2D eigenvalue weighted by atomic mass is 32.2. The van der Waals surface area contributed by atoms with Crippen LogP contribution in [0.25, 0.3) is 0 Å². The third kappa shape index (κ3) is 5.96. The molecule has 2 amide bonds. The van der Waals surface area contributed by atoms with Gasteiger partial charge in [0, 0.05) is 23.2 Å². The average Bonchev–Trinajstić information content (AvgIpc) is 2.74. The highest BCUT2D eigenvalue weighted by Crippen LogP contribution is 2.37. The molecule has 0 aliphatic rings. The Morgan fingerprint density at radius 3 is 2.19 bits per heavy atom. The Morgan fingerprint density at radius 1 is 0.903 bits per heavy atom. The first-order chi connectivity index (χ1) is 14.8. The van der Waals surface area contributed by atoms with E-state index in [0.29, 0.717) is 11.4 Å². The van der Waals surface area contributed by atoms with Crippen LogP contribution in [0.4, 0.5) is 11.4 Å². The van der Waals surface area contributed by atoms with Crippen molar-refractivity contribution in [2.45, 2.75) is 24.0 Å². The number of aromatic carboxylic acids is 1. The Balaban J connectivity index is 1.86. The van der Waals surface area contributed by atoms with Crippen molar-refractivity contribution in [1.82, 2.24) is 0 Å². The molecule has 0 fully saturated rings. The predicted octanol–water partition coefficient (Wildman–Crippen LogP) is 5.12. The summed E-state index contributed by atoms with van der Waals surface area (Å²) in [6, 6.07) is 21.3. The zero-order valence-electron chi connectivity index (χ0n) is 17.1. The molecule has 3 aromatic carbocycles. The summed E-state index contributed by atoms with van der Waals surface area (Å²) in [7, 11) is 0. The third-order valence-corrected chi connectivity index (χ3v) is 5.78. The van der Waals surface area contributed by atoms with E-state index in [1.54, 1.807) is 18.2 Å². The van der Waals surface area contributed by atoms with Crippen LogP contribution in [0.3, 0.4) is 0 Å². The van der Waals surface area contributed by atoms with Crippen molar-refractivity contribution in [3.05, 3.63) is 89.5 Å². The van der Waals surface area contributed by atoms with E-state index in [-0.39, 0.29) is 17.4 Å². The Morgan fingerprint density at radius 2 is 1.58 bits per heavy atom. The minimum atomic E-state index is -1.05. The molecule has 0 radical (unpaired) electrons. The lowest BCUT2D eigenvalue weighted by molar-refractivity contribution is -0.116. The lowest BCUT2D eigenvalue weighted by atomic mass is 10.1. The Labute approximate surface area is 184 Å². The number of amides is 2. The molecule has 31 heavy (non-hydrogen) atoms. The molecule has 1 unspecified atom stereocenters. The van der Waals surface area contributed by atoms with Crippen molar-refractivity contribution in [2.75, 3.05) is 10.6 Å². The van der Waals surface area contributed by atoms with Gasteiger partial charge in [-0.05, 0) is 54.4 Å². The fourth-order valence-electron chi connectivity index (χ4n) is 2.94. The van der Waals surface area contributed by atoms with Gasteiger partial charge in [0.1, 0.15) is 5.25 Å². The van der Waals surface area contributed by atoms with E-state index in [9.17, 15) is 19.5 Å². The second-order valence-corrected chi connectivity index (χ2v) is 8.12. The van der Waals surface area contributed by atoms with E-state index < -0.39 is 11.2 Å². The van der Waals surface area contributed by atoms with Gasteiger partial charge in [-0.1, -0.05) is 36.4 Å². The second-order valence-electron chi connectivity index (χ2n) is 6.94. The van der Waals surface area contributed by atoms with Gasteiger partial charge in [-0.15, -0.1) is 11.8 Å². The van der Waals surface area contributed by atoms with E-state index in [2.05, 4.69) is 10.6 Å². The van der Waals surface area contributed by atoms with Crippen molar-refractivity contribution in [3.8, 4) is 0 Å². The van der Waals surface area contributed by atoms with Crippen molar-refractivity contribution in [2.24, 2.45) is 0 Å². The molecule has 3 aromatic rings. The van der Waals surface area contributed by atoms with Crippen molar-refractivity contribution < 1.29 is 19.5 Å². The number of thioether (sulfide) groups is 1. The Kier molecular flexibility index (Phi) is 7.10. The summed E-state index contributed by atoms with van der Waals surface area (Å²) in [6.07, 6.45) is 0. The lowest BCUT2D eigenvalue weighted by Gasteiger charge is -2.18. The van der Waals surface area contributed by atoms with Crippen LogP contribution in [0.2, 0.25) is 0 Å². The standard InChI is InChI=1S/C24H22N2O4S/c1-15-8-9-18(24(29)30)14-21(15)26-23(28)22(17-6-4-3-5-7-17)31-20-12-10-19(11-13-20)25-16(2)27/h3-14,22H,1-2H3,(H,25,27)(H,26,28)(H,29,30). The molecular weight excluding hydrogens is 412 g/mol. The number of carboxylic acid groups (broad SMARTS) is 1. The summed E-state index contributed by atoms with van der Waals surface area (Å²) in [5.74, 6) is -1.46. The average molecular weight is 435 g/mol. The summed E-state index contributed by atoms with van der Waals surface area (Å²) in [5.41, 5.74) is 2.85. The van der Waals surface area contributed by atoms with Crippen LogP contribution < -0.4 is 10.6 Å². The van der Waals surface area contributed by atoms with Crippen LogP contribution in [-0.2, 0) is 9.59 Å². The molecule has 7 heteroatoms. The summed E-state index contributed by atoms with van der Waals surface area (Å²) in [4.78, 5) is 36.6. The number of rotatable bonds is 7. The molecule has 0 aliphatic heterocycles. The minimum Gasteiger partial charge on any atom is -0.478 e. The quantitative estimate of drug-likeness (QED) is 0.449. The fourth-order valence-corrected chi connectivity index (χ4v) is 3.97. The van der Waals surface area contributed by atoms with E-state index in [0.717, 1.165) is 16.0 Å². The van der Waals surface area contributed by atoms with Gasteiger partial charge in [0.15, 0.2) is 0 Å². The number of aryl methyl sites for hydroxylation is 1. The smallest absolute Gasteiger partial charge is 0.335 e. The maximum Gasteiger partial charge on any atom is 0.335 e. The monoisotopic (exact) mass is 434 g/mol. The SMILES string of the molecule is CC(=O)Nc1ccc(SC(C(=O)Nc2cc(C(=O)O)ccc2C)c2ccccc2)cc1. The number of hydrogen-bond donors (Lipinski definition) is 3.